The summed E-state index contributed by atoms with van der Waals surface area (Å²) in [4.78, 5) is 14.0. The highest BCUT2D eigenvalue weighted by Gasteiger charge is 2.33. The van der Waals surface area contributed by atoms with Crippen LogP contribution in [0.2, 0.25) is 0 Å². The third-order valence-corrected chi connectivity index (χ3v) is 4.35. The molecule has 0 aromatic rings. The molecule has 1 heterocycles. The lowest BCUT2D eigenvalue weighted by atomic mass is 9.93. The van der Waals surface area contributed by atoms with E-state index in [0.29, 0.717) is 26.1 Å². The van der Waals surface area contributed by atoms with Crippen molar-refractivity contribution in [1.82, 2.24) is 9.62 Å². The topological polar surface area (TPSA) is 92.5 Å². The monoisotopic (exact) mass is 291 g/mol. The van der Waals surface area contributed by atoms with Crippen LogP contribution in [0, 0.1) is 5.92 Å². The Bertz CT molecular complexity index is 420. The van der Waals surface area contributed by atoms with Gasteiger partial charge in [0.2, 0.25) is 15.9 Å². The van der Waals surface area contributed by atoms with Gasteiger partial charge in [-0.05, 0) is 32.1 Å². The quantitative estimate of drug-likeness (QED) is 0.740. The zero-order valence-corrected chi connectivity index (χ0v) is 12.8. The van der Waals surface area contributed by atoms with Crippen LogP contribution in [0.1, 0.15) is 33.1 Å². The average molecular weight is 291 g/mol. The van der Waals surface area contributed by atoms with Crippen molar-refractivity contribution in [2.75, 3.05) is 25.9 Å². The van der Waals surface area contributed by atoms with Gasteiger partial charge in [-0.2, -0.15) is 0 Å². The Balaban J connectivity index is 2.57. The average Bonchev–Trinajstić information content (AvgIpc) is 2.35. The Morgan fingerprint density at radius 2 is 2.16 bits per heavy atom. The molecule has 1 aliphatic heterocycles. The van der Waals surface area contributed by atoms with Gasteiger partial charge in [0.1, 0.15) is 0 Å². The Morgan fingerprint density at radius 3 is 2.68 bits per heavy atom. The molecule has 112 valence electrons. The number of nitrogens with one attached hydrogen (secondary N) is 1. The highest BCUT2D eigenvalue weighted by atomic mass is 32.2. The molecule has 1 fully saturated rings. The summed E-state index contributed by atoms with van der Waals surface area (Å²) < 4.78 is 24.7. The first kappa shape index (κ1) is 16.4. The van der Waals surface area contributed by atoms with Crippen molar-refractivity contribution in [2.45, 2.75) is 38.6 Å². The number of nitrogens with two attached hydrogens (primary N) is 1. The van der Waals surface area contributed by atoms with E-state index in [-0.39, 0.29) is 11.8 Å². The number of rotatable bonds is 5. The fraction of sp³-hybridized carbons (Fsp3) is 0.917. The van der Waals surface area contributed by atoms with Gasteiger partial charge in [0.05, 0.1) is 11.8 Å². The van der Waals surface area contributed by atoms with E-state index in [1.165, 1.54) is 0 Å². The number of carbonyl (C=O) groups is 1. The smallest absolute Gasteiger partial charge is 0.242 e. The van der Waals surface area contributed by atoms with Crippen LogP contribution in [0.4, 0.5) is 0 Å². The van der Waals surface area contributed by atoms with Gasteiger partial charge in [0, 0.05) is 19.6 Å². The van der Waals surface area contributed by atoms with Crippen LogP contribution in [0.15, 0.2) is 0 Å². The minimum Gasteiger partial charge on any atom is -0.341 e. The van der Waals surface area contributed by atoms with Crippen LogP contribution in [0.3, 0.4) is 0 Å². The van der Waals surface area contributed by atoms with Crippen molar-refractivity contribution in [2.24, 2.45) is 11.7 Å². The van der Waals surface area contributed by atoms with Crippen molar-refractivity contribution in [1.29, 1.82) is 0 Å². The largest absolute Gasteiger partial charge is 0.341 e. The maximum Gasteiger partial charge on any atom is 0.242 e. The Kier molecular flexibility index (Phi) is 5.34. The first-order chi connectivity index (χ1) is 8.65. The Hall–Kier alpha value is -0.660. The molecule has 0 saturated carbocycles. The number of hydrogen-bond acceptors (Lipinski definition) is 4. The summed E-state index contributed by atoms with van der Waals surface area (Å²) in [5, 5.41) is 0. The van der Waals surface area contributed by atoms with Crippen LogP contribution in [-0.4, -0.2) is 50.7 Å². The minimum absolute atomic E-state index is 0.0425. The van der Waals surface area contributed by atoms with Crippen molar-refractivity contribution >= 4 is 15.9 Å². The molecule has 19 heavy (non-hydrogen) atoms. The number of piperidine rings is 1. The minimum atomic E-state index is -3.17. The lowest BCUT2D eigenvalue weighted by molar-refractivity contribution is -0.138. The highest BCUT2D eigenvalue weighted by molar-refractivity contribution is 7.88. The van der Waals surface area contributed by atoms with E-state index in [0.717, 1.165) is 19.1 Å². The van der Waals surface area contributed by atoms with E-state index >= 15 is 0 Å². The first-order valence-electron chi connectivity index (χ1n) is 6.68. The standard InChI is InChI=1S/C12H25N3O3S/c1-4-12(2,13)11(16)15-7-5-6-10(9-15)8-14-19(3,17)18/h10,14H,4-9,13H2,1-3H3. The maximum absolute atomic E-state index is 12.3. The van der Waals surface area contributed by atoms with E-state index in [1.54, 1.807) is 11.8 Å². The molecular weight excluding hydrogens is 266 g/mol. The zero-order valence-electron chi connectivity index (χ0n) is 12.0. The summed E-state index contributed by atoms with van der Waals surface area (Å²) in [6, 6.07) is 0. The van der Waals surface area contributed by atoms with E-state index < -0.39 is 15.6 Å². The summed E-state index contributed by atoms with van der Waals surface area (Å²) in [6.45, 7) is 5.31. The number of nitrogens with zero attached hydrogens (tertiary/aromatic N) is 1. The highest BCUT2D eigenvalue weighted by Crippen LogP contribution is 2.19. The number of amides is 1. The van der Waals surface area contributed by atoms with E-state index in [1.807, 2.05) is 6.92 Å². The second-order valence-electron chi connectivity index (χ2n) is 5.65. The molecule has 2 atom stereocenters. The van der Waals surface area contributed by atoms with Gasteiger partial charge in [0.25, 0.3) is 0 Å². The summed E-state index contributed by atoms with van der Waals surface area (Å²) in [5.41, 5.74) is 5.15. The van der Waals surface area contributed by atoms with Crippen LogP contribution >= 0.6 is 0 Å². The van der Waals surface area contributed by atoms with Gasteiger partial charge in [0.15, 0.2) is 0 Å². The third-order valence-electron chi connectivity index (χ3n) is 3.66. The number of likely N-dealkylation sites (tertiary alicyclic amines) is 1. The SMILES string of the molecule is CCC(C)(N)C(=O)N1CCCC(CNS(C)(=O)=O)C1. The molecular formula is C12H25N3O3S. The van der Waals surface area contributed by atoms with Crippen molar-refractivity contribution in [3.05, 3.63) is 0 Å². The Labute approximate surface area is 115 Å². The van der Waals surface area contributed by atoms with Crippen molar-refractivity contribution in [3.8, 4) is 0 Å². The predicted molar refractivity (Wildman–Crippen MR) is 75.0 cm³/mol. The summed E-state index contributed by atoms with van der Waals surface area (Å²) in [5.74, 6) is 0.124. The molecule has 1 aliphatic rings. The molecule has 0 aliphatic carbocycles. The van der Waals surface area contributed by atoms with Gasteiger partial charge in [-0.3, -0.25) is 4.79 Å². The normalized spacial score (nSPS) is 24.0. The number of hydrogen-bond donors (Lipinski definition) is 2. The van der Waals surface area contributed by atoms with Crippen LogP contribution < -0.4 is 10.5 Å². The second-order valence-corrected chi connectivity index (χ2v) is 7.48. The van der Waals surface area contributed by atoms with Crippen LogP contribution in [-0.2, 0) is 14.8 Å². The summed E-state index contributed by atoms with van der Waals surface area (Å²) in [6.07, 6.45) is 3.56. The van der Waals surface area contributed by atoms with Crippen molar-refractivity contribution < 1.29 is 13.2 Å². The summed E-state index contributed by atoms with van der Waals surface area (Å²) in [7, 11) is -3.17. The molecule has 0 bridgehead atoms. The number of sulfonamides is 1. The molecule has 0 radical (unpaired) electrons. The van der Waals surface area contributed by atoms with Crippen LogP contribution in [0.25, 0.3) is 0 Å². The first-order valence-corrected chi connectivity index (χ1v) is 8.57. The van der Waals surface area contributed by atoms with Gasteiger partial charge in [-0.25, -0.2) is 13.1 Å². The summed E-state index contributed by atoms with van der Waals surface area (Å²) >= 11 is 0. The molecule has 0 spiro atoms. The molecule has 2 unspecified atom stereocenters. The molecule has 1 rings (SSSR count). The van der Waals surface area contributed by atoms with Gasteiger partial charge < -0.3 is 10.6 Å². The second kappa shape index (κ2) is 6.19. The fourth-order valence-electron chi connectivity index (χ4n) is 2.20. The maximum atomic E-state index is 12.3. The molecule has 0 aromatic carbocycles. The van der Waals surface area contributed by atoms with Gasteiger partial charge >= 0.3 is 0 Å². The molecule has 0 aromatic heterocycles. The van der Waals surface area contributed by atoms with E-state index in [4.69, 9.17) is 5.73 Å². The predicted octanol–water partition coefficient (Wildman–Crippen LogP) is -0.0984. The van der Waals surface area contributed by atoms with Gasteiger partial charge in [-0.1, -0.05) is 6.92 Å². The lowest BCUT2D eigenvalue weighted by Crippen LogP contribution is -2.55. The fourth-order valence-corrected chi connectivity index (χ4v) is 2.74. The third kappa shape index (κ3) is 5.08. The van der Waals surface area contributed by atoms with Crippen molar-refractivity contribution in [3.63, 3.8) is 0 Å². The molecule has 6 nitrogen and oxygen atoms in total. The molecule has 7 heteroatoms. The zero-order chi connectivity index (χ0) is 14.7. The molecule has 3 N–H and O–H groups in total. The molecule has 1 amide bonds. The van der Waals surface area contributed by atoms with Crippen LogP contribution in [0.5, 0.6) is 0 Å². The molecule has 1 saturated heterocycles. The van der Waals surface area contributed by atoms with E-state index in [2.05, 4.69) is 4.72 Å². The van der Waals surface area contributed by atoms with Gasteiger partial charge in [-0.15, -0.1) is 0 Å². The van der Waals surface area contributed by atoms with E-state index in [9.17, 15) is 13.2 Å². The number of carbonyl (C=O) groups excluding carboxylic acids is 1. The Morgan fingerprint density at radius 1 is 1.53 bits per heavy atom. The lowest BCUT2D eigenvalue weighted by Gasteiger charge is -2.37.